The monoisotopic (exact) mass is 427 g/mol. The fourth-order valence-corrected chi connectivity index (χ4v) is 4.20. The van der Waals surface area contributed by atoms with Crippen LogP contribution in [0.2, 0.25) is 0 Å². The van der Waals surface area contributed by atoms with E-state index in [9.17, 15) is 14.4 Å². The van der Waals surface area contributed by atoms with E-state index < -0.39 is 23.5 Å². The van der Waals surface area contributed by atoms with Gasteiger partial charge in [-0.2, -0.15) is 0 Å². The molecule has 1 aliphatic heterocycles. The highest BCUT2D eigenvalue weighted by atomic mass is 16.2. The number of nitrogens with zero attached hydrogens (tertiary/aromatic N) is 2. The topological polar surface area (TPSA) is 69.7 Å². The number of urea groups is 1. The van der Waals surface area contributed by atoms with E-state index >= 15 is 0 Å². The molecule has 0 aliphatic carbocycles. The van der Waals surface area contributed by atoms with E-state index in [0.717, 1.165) is 10.5 Å². The summed E-state index contributed by atoms with van der Waals surface area (Å²) < 4.78 is 0. The molecular formula is C26H25N3O3. The highest BCUT2D eigenvalue weighted by molar-refractivity contribution is 6.12. The molecule has 1 heterocycles. The van der Waals surface area contributed by atoms with E-state index in [0.29, 0.717) is 17.7 Å². The number of nitrogens with one attached hydrogen (secondary N) is 1. The lowest BCUT2D eigenvalue weighted by Gasteiger charge is -2.30. The molecule has 1 fully saturated rings. The summed E-state index contributed by atoms with van der Waals surface area (Å²) in [6, 6.07) is 26.3. The van der Waals surface area contributed by atoms with Gasteiger partial charge in [-0.1, -0.05) is 91.0 Å². The second-order valence-electron chi connectivity index (χ2n) is 7.94. The second-order valence-corrected chi connectivity index (χ2v) is 7.94. The molecule has 32 heavy (non-hydrogen) atoms. The lowest BCUT2D eigenvalue weighted by molar-refractivity contribution is -0.142. The van der Waals surface area contributed by atoms with Crippen molar-refractivity contribution in [2.45, 2.75) is 25.0 Å². The average Bonchev–Trinajstić information content (AvgIpc) is 3.10. The van der Waals surface area contributed by atoms with Crippen LogP contribution < -0.4 is 5.32 Å². The molecule has 4 amide bonds. The Hall–Kier alpha value is -3.93. The predicted octanol–water partition coefficient (Wildman–Crippen LogP) is 3.53. The fraction of sp³-hybridized carbons (Fsp3) is 0.192. The first kappa shape index (κ1) is 21.3. The molecule has 1 N–H and O–H groups in total. The summed E-state index contributed by atoms with van der Waals surface area (Å²) >= 11 is 0. The smallest absolute Gasteiger partial charge is 0.326 e. The molecule has 0 spiro atoms. The van der Waals surface area contributed by atoms with Crippen LogP contribution in [-0.4, -0.2) is 40.7 Å². The maximum absolute atomic E-state index is 13.8. The lowest BCUT2D eigenvalue weighted by atomic mass is 9.82. The number of hydrogen-bond acceptors (Lipinski definition) is 3. The van der Waals surface area contributed by atoms with Crippen molar-refractivity contribution in [3.63, 3.8) is 0 Å². The number of carbonyl (C=O) groups is 3. The van der Waals surface area contributed by atoms with Gasteiger partial charge in [0.1, 0.15) is 6.04 Å². The molecule has 0 aromatic heterocycles. The van der Waals surface area contributed by atoms with Crippen molar-refractivity contribution in [1.29, 1.82) is 0 Å². The Morgan fingerprint density at radius 3 is 1.84 bits per heavy atom. The molecule has 1 saturated heterocycles. The summed E-state index contributed by atoms with van der Waals surface area (Å²) in [4.78, 5) is 42.7. The van der Waals surface area contributed by atoms with E-state index in [1.54, 1.807) is 14.0 Å². The lowest BCUT2D eigenvalue weighted by Crippen LogP contribution is -2.50. The molecule has 0 radical (unpaired) electrons. The molecule has 1 atom stereocenters. The zero-order valence-corrected chi connectivity index (χ0v) is 18.1. The van der Waals surface area contributed by atoms with Crippen LogP contribution >= 0.6 is 0 Å². The van der Waals surface area contributed by atoms with Gasteiger partial charge in [-0.15, -0.1) is 0 Å². The van der Waals surface area contributed by atoms with Crippen LogP contribution in [0.4, 0.5) is 4.79 Å². The number of imide groups is 1. The Kier molecular flexibility index (Phi) is 5.77. The average molecular weight is 428 g/mol. The molecule has 0 bridgehead atoms. The van der Waals surface area contributed by atoms with Crippen molar-refractivity contribution in [1.82, 2.24) is 15.1 Å². The van der Waals surface area contributed by atoms with Crippen molar-refractivity contribution < 1.29 is 14.4 Å². The van der Waals surface area contributed by atoms with Crippen LogP contribution in [0.25, 0.3) is 0 Å². The molecule has 3 aromatic carbocycles. The number of rotatable bonds is 6. The molecule has 0 unspecified atom stereocenters. The fourth-order valence-electron chi connectivity index (χ4n) is 4.20. The summed E-state index contributed by atoms with van der Waals surface area (Å²) in [6.45, 7) is 1.98. The SMILES string of the molecule is C[C@@H](C(=O)N(C)Cc1ccccc1)N1C(=O)NC(c2ccccc2)(c2ccccc2)C1=O. The van der Waals surface area contributed by atoms with Gasteiger partial charge >= 0.3 is 6.03 Å². The molecule has 3 aromatic rings. The molecule has 6 heteroatoms. The van der Waals surface area contributed by atoms with Gasteiger partial charge in [-0.05, 0) is 23.6 Å². The zero-order chi connectivity index (χ0) is 22.7. The van der Waals surface area contributed by atoms with Gasteiger partial charge in [0.15, 0.2) is 5.54 Å². The zero-order valence-electron chi connectivity index (χ0n) is 18.1. The maximum atomic E-state index is 13.8. The van der Waals surface area contributed by atoms with Crippen molar-refractivity contribution >= 4 is 17.8 Å². The van der Waals surface area contributed by atoms with Crippen LogP contribution in [0.15, 0.2) is 91.0 Å². The summed E-state index contributed by atoms with van der Waals surface area (Å²) in [5, 5.41) is 2.89. The number of amides is 4. The Morgan fingerprint density at radius 2 is 1.34 bits per heavy atom. The second kappa shape index (κ2) is 8.67. The summed E-state index contributed by atoms with van der Waals surface area (Å²) in [5.41, 5.74) is 0.871. The Labute approximate surface area is 187 Å². The first-order valence-electron chi connectivity index (χ1n) is 10.5. The maximum Gasteiger partial charge on any atom is 0.326 e. The molecule has 1 aliphatic rings. The number of benzene rings is 3. The number of likely N-dealkylation sites (N-methyl/N-ethyl adjacent to an activating group) is 1. The van der Waals surface area contributed by atoms with Crippen LogP contribution in [0.5, 0.6) is 0 Å². The molecular weight excluding hydrogens is 402 g/mol. The minimum Gasteiger partial charge on any atom is -0.340 e. The summed E-state index contributed by atoms with van der Waals surface area (Å²) in [6.07, 6.45) is 0. The largest absolute Gasteiger partial charge is 0.340 e. The summed E-state index contributed by atoms with van der Waals surface area (Å²) in [5.74, 6) is -0.775. The third kappa shape index (κ3) is 3.64. The Bertz CT molecular complexity index is 1080. The van der Waals surface area contributed by atoms with Gasteiger partial charge < -0.3 is 10.2 Å². The Balaban J connectivity index is 1.66. The van der Waals surface area contributed by atoms with E-state index in [-0.39, 0.29) is 5.91 Å². The number of carbonyl (C=O) groups excluding carboxylic acids is 3. The minimum atomic E-state index is -1.38. The first-order valence-corrected chi connectivity index (χ1v) is 10.5. The normalized spacial score (nSPS) is 15.9. The van der Waals surface area contributed by atoms with E-state index in [1.807, 2.05) is 91.0 Å². The van der Waals surface area contributed by atoms with Crippen LogP contribution in [0.3, 0.4) is 0 Å². The van der Waals surface area contributed by atoms with E-state index in [1.165, 1.54) is 4.90 Å². The van der Waals surface area contributed by atoms with Crippen LogP contribution in [0.1, 0.15) is 23.6 Å². The van der Waals surface area contributed by atoms with E-state index in [2.05, 4.69) is 5.32 Å². The van der Waals surface area contributed by atoms with Crippen molar-refractivity contribution in [2.24, 2.45) is 0 Å². The van der Waals surface area contributed by atoms with Gasteiger partial charge in [0.2, 0.25) is 5.91 Å². The first-order chi connectivity index (χ1) is 15.4. The van der Waals surface area contributed by atoms with Gasteiger partial charge in [0, 0.05) is 13.6 Å². The molecule has 4 rings (SSSR count). The van der Waals surface area contributed by atoms with Crippen molar-refractivity contribution in [3.05, 3.63) is 108 Å². The molecule has 0 saturated carbocycles. The van der Waals surface area contributed by atoms with Crippen molar-refractivity contribution in [2.75, 3.05) is 7.05 Å². The summed E-state index contributed by atoms with van der Waals surface area (Å²) in [7, 11) is 1.67. The van der Waals surface area contributed by atoms with Gasteiger partial charge in [-0.25, -0.2) is 9.69 Å². The van der Waals surface area contributed by atoms with Gasteiger partial charge in [0.25, 0.3) is 5.91 Å². The quantitative estimate of drug-likeness (QED) is 0.612. The highest BCUT2D eigenvalue weighted by Gasteiger charge is 2.56. The molecule has 162 valence electrons. The third-order valence-corrected chi connectivity index (χ3v) is 5.85. The predicted molar refractivity (Wildman–Crippen MR) is 121 cm³/mol. The standard InChI is InChI=1S/C26H25N3O3/c1-19(23(30)28(2)18-20-12-6-3-7-13-20)29-24(31)26(27-25(29)32,21-14-8-4-9-15-21)22-16-10-5-11-17-22/h3-17,19H,18H2,1-2H3,(H,27,32)/t19-/m0/s1. The van der Waals surface area contributed by atoms with Gasteiger partial charge in [0.05, 0.1) is 0 Å². The third-order valence-electron chi connectivity index (χ3n) is 5.85. The van der Waals surface area contributed by atoms with Crippen LogP contribution in [-0.2, 0) is 21.7 Å². The highest BCUT2D eigenvalue weighted by Crippen LogP contribution is 2.36. The van der Waals surface area contributed by atoms with Gasteiger partial charge in [-0.3, -0.25) is 9.59 Å². The Morgan fingerprint density at radius 1 is 0.875 bits per heavy atom. The number of hydrogen-bond donors (Lipinski definition) is 1. The van der Waals surface area contributed by atoms with Crippen molar-refractivity contribution in [3.8, 4) is 0 Å². The van der Waals surface area contributed by atoms with E-state index in [4.69, 9.17) is 0 Å². The minimum absolute atomic E-state index is 0.311. The van der Waals surface area contributed by atoms with Crippen LogP contribution in [0, 0.1) is 0 Å². The molecule has 6 nitrogen and oxygen atoms in total.